The number of alkyl halides is 3. The molecule has 2 rings (SSSR count). The van der Waals surface area contributed by atoms with Crippen LogP contribution in [0.5, 0.6) is 0 Å². The number of fused-ring (bicyclic) bond motifs is 1. The molecule has 0 aliphatic carbocycles. The van der Waals surface area contributed by atoms with Crippen molar-refractivity contribution in [3.05, 3.63) is 35.4 Å². The van der Waals surface area contributed by atoms with E-state index in [9.17, 15) is 22.4 Å². The Kier molecular flexibility index (Phi) is 4.58. The number of unbranched alkanes of at least 4 members (excludes halogenated alkanes) is 1. The van der Waals surface area contributed by atoms with E-state index < -0.39 is 29.2 Å². The van der Waals surface area contributed by atoms with Crippen molar-refractivity contribution in [1.82, 2.24) is 9.97 Å². The summed E-state index contributed by atoms with van der Waals surface area (Å²) in [6.45, 7) is 1.85. The number of halogens is 4. The summed E-state index contributed by atoms with van der Waals surface area (Å²) in [5, 5.41) is -0.00422. The van der Waals surface area contributed by atoms with E-state index in [0.717, 1.165) is 24.8 Å². The van der Waals surface area contributed by atoms with Crippen molar-refractivity contribution in [2.45, 2.75) is 25.9 Å². The van der Waals surface area contributed by atoms with Crippen LogP contribution in [0, 0.1) is 5.82 Å². The molecule has 0 aliphatic rings. The van der Waals surface area contributed by atoms with E-state index in [2.05, 4.69) is 9.97 Å². The number of esters is 1. The molecule has 0 fully saturated rings. The molecule has 4 nitrogen and oxygen atoms in total. The second-order valence-corrected chi connectivity index (χ2v) is 4.57. The molecule has 0 spiro atoms. The number of hydrogen-bond donors (Lipinski definition) is 0. The molecule has 2 aromatic rings. The van der Waals surface area contributed by atoms with Gasteiger partial charge >= 0.3 is 12.1 Å². The zero-order valence-electron chi connectivity index (χ0n) is 11.6. The van der Waals surface area contributed by atoms with Gasteiger partial charge in [0.15, 0.2) is 11.3 Å². The first-order valence-electron chi connectivity index (χ1n) is 6.53. The van der Waals surface area contributed by atoms with Gasteiger partial charge < -0.3 is 4.74 Å². The van der Waals surface area contributed by atoms with Crippen LogP contribution < -0.4 is 0 Å². The molecule has 0 saturated carbocycles. The van der Waals surface area contributed by atoms with Gasteiger partial charge in [-0.05, 0) is 18.6 Å². The molecule has 2 heterocycles. The topological polar surface area (TPSA) is 52.1 Å². The van der Waals surface area contributed by atoms with E-state index in [1.165, 1.54) is 0 Å². The van der Waals surface area contributed by atoms with Crippen LogP contribution in [0.25, 0.3) is 11.0 Å². The Morgan fingerprint density at radius 2 is 2.05 bits per heavy atom. The first-order valence-corrected chi connectivity index (χ1v) is 6.53. The molecule has 0 unspecified atom stereocenters. The van der Waals surface area contributed by atoms with Crippen LogP contribution in [0.3, 0.4) is 0 Å². The van der Waals surface area contributed by atoms with Crippen molar-refractivity contribution < 1.29 is 27.1 Å². The number of aromatic nitrogens is 2. The van der Waals surface area contributed by atoms with Gasteiger partial charge in [-0.15, -0.1) is 0 Å². The fraction of sp³-hybridized carbons (Fsp3) is 0.357. The number of ether oxygens (including phenoxy) is 1. The largest absolute Gasteiger partial charge is 0.462 e. The van der Waals surface area contributed by atoms with Crippen LogP contribution in [0.2, 0.25) is 0 Å². The van der Waals surface area contributed by atoms with E-state index in [-0.39, 0.29) is 17.6 Å². The minimum atomic E-state index is -4.84. The summed E-state index contributed by atoms with van der Waals surface area (Å²) in [6, 6.07) is 1.85. The summed E-state index contributed by atoms with van der Waals surface area (Å²) in [5.41, 5.74) is -2.43. The molecule has 0 atom stereocenters. The van der Waals surface area contributed by atoms with Gasteiger partial charge in [-0.2, -0.15) is 13.2 Å². The van der Waals surface area contributed by atoms with Crippen LogP contribution in [0.1, 0.15) is 35.8 Å². The monoisotopic (exact) mass is 316 g/mol. The number of pyridine rings is 2. The Morgan fingerprint density at radius 3 is 2.68 bits per heavy atom. The van der Waals surface area contributed by atoms with Gasteiger partial charge in [-0.3, -0.25) is 0 Å². The maximum absolute atomic E-state index is 13.1. The van der Waals surface area contributed by atoms with Gasteiger partial charge in [0.1, 0.15) is 5.82 Å². The Morgan fingerprint density at radius 1 is 1.32 bits per heavy atom. The highest BCUT2D eigenvalue weighted by molar-refractivity contribution is 5.94. The molecule has 0 radical (unpaired) electrons. The summed E-state index contributed by atoms with van der Waals surface area (Å²) < 4.78 is 57.0. The standard InChI is InChI=1S/C14H12F4N2O2/c1-2-3-4-22-13(21)10-6-8-5-9(15)7-19-12(8)20-11(10)14(16,17)18/h5-7H,2-4H2,1H3. The predicted octanol–water partition coefficient (Wildman–Crippen LogP) is 3.74. The SMILES string of the molecule is CCCCOC(=O)c1cc2cc(F)cnc2nc1C(F)(F)F. The van der Waals surface area contributed by atoms with Gasteiger partial charge in [0.05, 0.1) is 18.4 Å². The maximum atomic E-state index is 13.1. The van der Waals surface area contributed by atoms with Gasteiger partial charge in [0, 0.05) is 5.39 Å². The number of hydrogen-bond acceptors (Lipinski definition) is 4. The van der Waals surface area contributed by atoms with Crippen LogP contribution in [-0.4, -0.2) is 22.5 Å². The Bertz CT molecular complexity index is 701. The Balaban J connectivity index is 2.51. The van der Waals surface area contributed by atoms with Crippen molar-refractivity contribution in [1.29, 1.82) is 0 Å². The van der Waals surface area contributed by atoms with Gasteiger partial charge in [0.25, 0.3) is 0 Å². The molecule has 2 aromatic heterocycles. The predicted molar refractivity (Wildman–Crippen MR) is 69.7 cm³/mol. The molecule has 0 aliphatic heterocycles. The molecule has 118 valence electrons. The van der Waals surface area contributed by atoms with Crippen LogP contribution in [-0.2, 0) is 10.9 Å². The van der Waals surface area contributed by atoms with Crippen molar-refractivity contribution >= 4 is 17.0 Å². The average molecular weight is 316 g/mol. The fourth-order valence-electron chi connectivity index (χ4n) is 1.80. The minimum absolute atomic E-state index is 0.00422. The zero-order valence-corrected chi connectivity index (χ0v) is 11.6. The highest BCUT2D eigenvalue weighted by Gasteiger charge is 2.38. The highest BCUT2D eigenvalue weighted by atomic mass is 19.4. The molecule has 0 aromatic carbocycles. The molecule has 8 heteroatoms. The van der Waals surface area contributed by atoms with Crippen molar-refractivity contribution in [2.24, 2.45) is 0 Å². The lowest BCUT2D eigenvalue weighted by molar-refractivity contribution is -0.141. The van der Waals surface area contributed by atoms with E-state index in [0.29, 0.717) is 6.42 Å². The molecule has 0 bridgehead atoms. The number of nitrogens with zero attached hydrogens (tertiary/aromatic N) is 2. The van der Waals surface area contributed by atoms with Crippen molar-refractivity contribution in [3.63, 3.8) is 0 Å². The van der Waals surface area contributed by atoms with E-state index in [4.69, 9.17) is 4.74 Å². The molecular weight excluding hydrogens is 304 g/mol. The molecule has 0 saturated heterocycles. The first-order chi connectivity index (χ1) is 10.3. The third-order valence-corrected chi connectivity index (χ3v) is 2.85. The number of carbonyl (C=O) groups excluding carboxylic acids is 1. The molecule has 0 N–H and O–H groups in total. The van der Waals surface area contributed by atoms with Crippen LogP contribution >= 0.6 is 0 Å². The quantitative estimate of drug-likeness (QED) is 0.490. The zero-order chi connectivity index (χ0) is 16.3. The smallest absolute Gasteiger partial charge is 0.434 e. The van der Waals surface area contributed by atoms with Crippen molar-refractivity contribution in [3.8, 4) is 0 Å². The molecule has 22 heavy (non-hydrogen) atoms. The molecular formula is C14H12F4N2O2. The first kappa shape index (κ1) is 16.1. The highest BCUT2D eigenvalue weighted by Crippen LogP contribution is 2.32. The van der Waals surface area contributed by atoms with E-state index >= 15 is 0 Å². The van der Waals surface area contributed by atoms with Gasteiger partial charge in [-0.25, -0.2) is 19.2 Å². The minimum Gasteiger partial charge on any atom is -0.462 e. The lowest BCUT2D eigenvalue weighted by Crippen LogP contribution is -2.18. The number of rotatable bonds is 4. The summed E-state index contributed by atoms with van der Waals surface area (Å²) in [7, 11) is 0. The fourth-order valence-corrected chi connectivity index (χ4v) is 1.80. The van der Waals surface area contributed by atoms with Crippen LogP contribution in [0.4, 0.5) is 17.6 Å². The lowest BCUT2D eigenvalue weighted by atomic mass is 10.1. The van der Waals surface area contributed by atoms with Gasteiger partial charge in [0.2, 0.25) is 0 Å². The van der Waals surface area contributed by atoms with Gasteiger partial charge in [-0.1, -0.05) is 13.3 Å². The maximum Gasteiger partial charge on any atom is 0.434 e. The summed E-state index contributed by atoms with van der Waals surface area (Å²) >= 11 is 0. The molecule has 0 amide bonds. The normalized spacial score (nSPS) is 11.7. The third kappa shape index (κ3) is 3.49. The van der Waals surface area contributed by atoms with E-state index in [1.807, 2.05) is 6.92 Å². The Labute approximate surface area is 123 Å². The average Bonchev–Trinajstić information content (AvgIpc) is 2.45. The summed E-state index contributed by atoms with van der Waals surface area (Å²) in [4.78, 5) is 18.7. The second-order valence-electron chi connectivity index (χ2n) is 4.57. The summed E-state index contributed by atoms with van der Waals surface area (Å²) in [6.07, 6.45) is -2.83. The van der Waals surface area contributed by atoms with Crippen LogP contribution in [0.15, 0.2) is 18.3 Å². The summed E-state index contributed by atoms with van der Waals surface area (Å²) in [5.74, 6) is -1.88. The third-order valence-electron chi connectivity index (χ3n) is 2.85. The van der Waals surface area contributed by atoms with Crippen molar-refractivity contribution in [2.75, 3.05) is 6.61 Å². The van der Waals surface area contributed by atoms with E-state index in [1.54, 1.807) is 0 Å². The Hall–Kier alpha value is -2.25. The second kappa shape index (κ2) is 6.25. The number of carbonyl (C=O) groups is 1. The lowest BCUT2D eigenvalue weighted by Gasteiger charge is -2.12.